The third kappa shape index (κ3) is 4.79. The number of nitro benzene ring substituents is 1. The molecule has 0 heterocycles. The lowest BCUT2D eigenvalue weighted by atomic mass is 10.1. The molecule has 6 heteroatoms. The molecule has 0 spiro atoms. The molecule has 0 saturated heterocycles. The lowest BCUT2D eigenvalue weighted by Gasteiger charge is -2.14. The van der Waals surface area contributed by atoms with Crippen molar-refractivity contribution in [3.05, 3.63) is 74.8 Å². The number of nitro groups is 1. The molecule has 120 valence electrons. The monoisotopic (exact) mass is 332 g/mol. The number of carbonyl (C=O) groups is 1. The van der Waals surface area contributed by atoms with Gasteiger partial charge in [-0.1, -0.05) is 41.9 Å². The zero-order valence-electron chi connectivity index (χ0n) is 12.7. The van der Waals surface area contributed by atoms with Crippen molar-refractivity contribution in [2.45, 2.75) is 25.8 Å². The van der Waals surface area contributed by atoms with Crippen LogP contribution in [-0.4, -0.2) is 16.9 Å². The number of hydrogen-bond acceptors (Lipinski definition) is 3. The second-order valence-corrected chi connectivity index (χ2v) is 5.73. The Hall–Kier alpha value is -2.40. The summed E-state index contributed by atoms with van der Waals surface area (Å²) in [4.78, 5) is 22.3. The van der Waals surface area contributed by atoms with Crippen LogP contribution in [0.1, 0.15) is 29.3 Å². The number of hydrogen-bond donors (Lipinski definition) is 1. The second-order valence-electron chi connectivity index (χ2n) is 5.32. The number of nitrogens with zero attached hydrogens (tertiary/aromatic N) is 1. The largest absolute Gasteiger partial charge is 0.350 e. The number of non-ortho nitro benzene ring substituents is 1. The third-order valence-electron chi connectivity index (χ3n) is 3.49. The zero-order chi connectivity index (χ0) is 16.8. The van der Waals surface area contributed by atoms with Crippen molar-refractivity contribution in [2.75, 3.05) is 0 Å². The Labute approximate surface area is 139 Å². The SMILES string of the molecule is C[C@H](CCc1ccccc1)NC(=O)c1ccc([N+](=O)[O-])cc1Cl. The molecule has 0 unspecified atom stereocenters. The van der Waals surface area contributed by atoms with Crippen molar-refractivity contribution in [3.8, 4) is 0 Å². The first-order valence-corrected chi connectivity index (χ1v) is 7.64. The van der Waals surface area contributed by atoms with Gasteiger partial charge in [-0.15, -0.1) is 0 Å². The van der Waals surface area contributed by atoms with Crippen molar-refractivity contribution in [1.82, 2.24) is 5.32 Å². The van der Waals surface area contributed by atoms with Gasteiger partial charge in [-0.25, -0.2) is 0 Å². The van der Waals surface area contributed by atoms with E-state index in [0.29, 0.717) is 0 Å². The molecule has 0 aliphatic rings. The fraction of sp³-hybridized carbons (Fsp3) is 0.235. The van der Waals surface area contributed by atoms with Crippen LogP contribution >= 0.6 is 11.6 Å². The maximum absolute atomic E-state index is 12.2. The number of carbonyl (C=O) groups excluding carboxylic acids is 1. The molecule has 2 aromatic rings. The summed E-state index contributed by atoms with van der Waals surface area (Å²) < 4.78 is 0. The number of rotatable bonds is 6. The van der Waals surface area contributed by atoms with Crippen LogP contribution in [0.5, 0.6) is 0 Å². The maximum atomic E-state index is 12.2. The Balaban J connectivity index is 1.94. The van der Waals surface area contributed by atoms with Gasteiger partial charge in [0, 0.05) is 18.2 Å². The molecular formula is C17H17ClN2O3. The van der Waals surface area contributed by atoms with Gasteiger partial charge in [0.05, 0.1) is 15.5 Å². The van der Waals surface area contributed by atoms with Crippen LogP contribution in [0.15, 0.2) is 48.5 Å². The first kappa shape index (κ1) is 17.0. The topological polar surface area (TPSA) is 72.2 Å². The van der Waals surface area contributed by atoms with E-state index in [4.69, 9.17) is 11.6 Å². The number of benzene rings is 2. The quantitative estimate of drug-likeness (QED) is 0.642. The fourth-order valence-electron chi connectivity index (χ4n) is 2.20. The van der Waals surface area contributed by atoms with E-state index in [1.807, 2.05) is 37.3 Å². The Morgan fingerprint density at radius 2 is 1.96 bits per heavy atom. The molecule has 0 aliphatic carbocycles. The van der Waals surface area contributed by atoms with Crippen molar-refractivity contribution >= 4 is 23.2 Å². The highest BCUT2D eigenvalue weighted by Gasteiger charge is 2.16. The summed E-state index contributed by atoms with van der Waals surface area (Å²) in [7, 11) is 0. The normalized spacial score (nSPS) is 11.7. The summed E-state index contributed by atoms with van der Waals surface area (Å²) >= 11 is 5.96. The van der Waals surface area contributed by atoms with Gasteiger partial charge in [0.25, 0.3) is 11.6 Å². The molecule has 0 radical (unpaired) electrons. The lowest BCUT2D eigenvalue weighted by molar-refractivity contribution is -0.384. The van der Waals surface area contributed by atoms with Gasteiger partial charge in [0.2, 0.25) is 0 Å². The summed E-state index contributed by atoms with van der Waals surface area (Å²) in [5.74, 6) is -0.328. The first-order chi connectivity index (χ1) is 11.0. The van der Waals surface area contributed by atoms with E-state index in [0.717, 1.165) is 12.8 Å². The van der Waals surface area contributed by atoms with E-state index >= 15 is 0 Å². The highest BCUT2D eigenvalue weighted by atomic mass is 35.5. The molecular weight excluding hydrogens is 316 g/mol. The van der Waals surface area contributed by atoms with Crippen LogP contribution in [-0.2, 0) is 6.42 Å². The molecule has 23 heavy (non-hydrogen) atoms. The molecule has 0 aliphatic heterocycles. The van der Waals surface area contributed by atoms with E-state index in [1.54, 1.807) is 0 Å². The summed E-state index contributed by atoms with van der Waals surface area (Å²) in [6.07, 6.45) is 1.65. The molecule has 1 N–H and O–H groups in total. The predicted octanol–water partition coefficient (Wildman–Crippen LogP) is 4.00. The molecule has 0 fully saturated rings. The molecule has 2 rings (SSSR count). The van der Waals surface area contributed by atoms with Crippen molar-refractivity contribution in [1.29, 1.82) is 0 Å². The van der Waals surface area contributed by atoms with Gasteiger partial charge < -0.3 is 5.32 Å². The Morgan fingerprint density at radius 1 is 1.26 bits per heavy atom. The highest BCUT2D eigenvalue weighted by Crippen LogP contribution is 2.22. The minimum absolute atomic E-state index is 0.0334. The summed E-state index contributed by atoms with van der Waals surface area (Å²) in [5, 5.41) is 13.6. The van der Waals surface area contributed by atoms with Crippen molar-refractivity contribution in [3.63, 3.8) is 0 Å². The van der Waals surface area contributed by atoms with Gasteiger partial charge in [-0.3, -0.25) is 14.9 Å². The minimum atomic E-state index is -0.546. The molecule has 1 atom stereocenters. The Kier molecular flexibility index (Phi) is 5.71. The first-order valence-electron chi connectivity index (χ1n) is 7.26. The molecule has 1 amide bonds. The van der Waals surface area contributed by atoms with Crippen LogP contribution in [0.2, 0.25) is 5.02 Å². The van der Waals surface area contributed by atoms with Crippen LogP contribution in [0.25, 0.3) is 0 Å². The van der Waals surface area contributed by atoms with Gasteiger partial charge in [-0.2, -0.15) is 0 Å². The summed E-state index contributed by atoms with van der Waals surface area (Å²) in [5.41, 5.74) is 1.31. The van der Waals surface area contributed by atoms with E-state index < -0.39 is 4.92 Å². The van der Waals surface area contributed by atoms with Crippen LogP contribution in [0, 0.1) is 10.1 Å². The van der Waals surface area contributed by atoms with E-state index in [1.165, 1.54) is 23.8 Å². The molecule has 0 bridgehead atoms. The van der Waals surface area contributed by atoms with Crippen molar-refractivity contribution in [2.24, 2.45) is 0 Å². The van der Waals surface area contributed by atoms with Gasteiger partial charge in [0.15, 0.2) is 0 Å². The molecule has 0 saturated carbocycles. The van der Waals surface area contributed by atoms with Gasteiger partial charge in [0.1, 0.15) is 0 Å². The molecule has 2 aromatic carbocycles. The molecule has 0 aromatic heterocycles. The lowest BCUT2D eigenvalue weighted by Crippen LogP contribution is -2.33. The Bertz CT molecular complexity index is 704. The van der Waals surface area contributed by atoms with E-state index in [9.17, 15) is 14.9 Å². The predicted molar refractivity (Wildman–Crippen MR) is 89.8 cm³/mol. The second kappa shape index (κ2) is 7.74. The van der Waals surface area contributed by atoms with Crippen molar-refractivity contribution < 1.29 is 9.72 Å². The standard InChI is InChI=1S/C17H17ClN2O3/c1-12(7-8-13-5-3-2-4-6-13)19-17(21)15-10-9-14(20(22)23)11-16(15)18/h2-6,9-12H,7-8H2,1H3,(H,19,21)/t12-/m1/s1. The van der Waals surface area contributed by atoms with Crippen LogP contribution in [0.4, 0.5) is 5.69 Å². The Morgan fingerprint density at radius 3 is 2.57 bits per heavy atom. The van der Waals surface area contributed by atoms with E-state index in [-0.39, 0.29) is 28.2 Å². The third-order valence-corrected chi connectivity index (χ3v) is 3.81. The molecule has 5 nitrogen and oxygen atoms in total. The maximum Gasteiger partial charge on any atom is 0.270 e. The average molecular weight is 333 g/mol. The average Bonchev–Trinajstić information content (AvgIpc) is 2.53. The number of aryl methyl sites for hydroxylation is 1. The number of nitrogens with one attached hydrogen (secondary N) is 1. The van der Waals surface area contributed by atoms with Crippen LogP contribution < -0.4 is 5.32 Å². The van der Waals surface area contributed by atoms with Crippen LogP contribution in [0.3, 0.4) is 0 Å². The van der Waals surface area contributed by atoms with E-state index in [2.05, 4.69) is 5.32 Å². The highest BCUT2D eigenvalue weighted by molar-refractivity contribution is 6.34. The fourth-order valence-corrected chi connectivity index (χ4v) is 2.46. The number of halogens is 1. The zero-order valence-corrected chi connectivity index (χ0v) is 13.4. The summed E-state index contributed by atoms with van der Waals surface area (Å²) in [6.45, 7) is 1.92. The number of amides is 1. The summed E-state index contributed by atoms with van der Waals surface area (Å²) in [6, 6.07) is 13.8. The van der Waals surface area contributed by atoms with Gasteiger partial charge >= 0.3 is 0 Å². The smallest absolute Gasteiger partial charge is 0.270 e. The van der Waals surface area contributed by atoms with Gasteiger partial charge in [-0.05, 0) is 31.4 Å². The minimum Gasteiger partial charge on any atom is -0.350 e.